The largest absolute Gasteiger partial charge is 0.401 e. The molecule has 16 heavy (non-hydrogen) atoms. The van der Waals surface area contributed by atoms with Crippen molar-refractivity contribution in [3.05, 3.63) is 0 Å². The van der Waals surface area contributed by atoms with Gasteiger partial charge in [0.25, 0.3) is 0 Å². The van der Waals surface area contributed by atoms with E-state index >= 15 is 0 Å². The van der Waals surface area contributed by atoms with Crippen LogP contribution in [0.2, 0.25) is 0 Å². The predicted octanol–water partition coefficient (Wildman–Crippen LogP) is 0.334. The van der Waals surface area contributed by atoms with E-state index < -0.39 is 24.7 Å². The van der Waals surface area contributed by atoms with Gasteiger partial charge in [0.2, 0.25) is 5.91 Å². The molecule has 0 spiro atoms. The molecular formula is C9H18F3N3O. The molecular weight excluding hydrogens is 223 g/mol. The number of carbonyl (C=O) groups excluding carboxylic acids is 1. The SMILES string of the molecule is CCN(CCC(NC)C(N)=O)CC(F)(F)F. The molecule has 1 unspecified atom stereocenters. The molecule has 0 heterocycles. The minimum atomic E-state index is -4.21. The van der Waals surface area contributed by atoms with Gasteiger partial charge in [-0.05, 0) is 20.0 Å². The number of nitrogens with zero attached hydrogens (tertiary/aromatic N) is 1. The lowest BCUT2D eigenvalue weighted by Gasteiger charge is -2.23. The van der Waals surface area contributed by atoms with E-state index in [4.69, 9.17) is 5.73 Å². The van der Waals surface area contributed by atoms with Gasteiger partial charge < -0.3 is 11.1 Å². The molecule has 1 amide bonds. The Labute approximate surface area is 93.0 Å². The quantitative estimate of drug-likeness (QED) is 0.675. The molecule has 0 rings (SSSR count). The third kappa shape index (κ3) is 6.62. The molecule has 0 aliphatic carbocycles. The van der Waals surface area contributed by atoms with Crippen LogP contribution >= 0.6 is 0 Å². The van der Waals surface area contributed by atoms with Crippen LogP contribution in [0.5, 0.6) is 0 Å². The number of halogens is 3. The van der Waals surface area contributed by atoms with Crippen LogP contribution < -0.4 is 11.1 Å². The van der Waals surface area contributed by atoms with E-state index in [0.717, 1.165) is 0 Å². The van der Waals surface area contributed by atoms with Gasteiger partial charge in [-0.2, -0.15) is 13.2 Å². The zero-order valence-corrected chi connectivity index (χ0v) is 9.47. The highest BCUT2D eigenvalue weighted by Gasteiger charge is 2.30. The zero-order valence-electron chi connectivity index (χ0n) is 9.47. The Balaban J connectivity index is 4.08. The zero-order chi connectivity index (χ0) is 12.8. The van der Waals surface area contributed by atoms with Crippen LogP contribution in [0.1, 0.15) is 13.3 Å². The van der Waals surface area contributed by atoms with Crippen molar-refractivity contribution >= 4 is 5.91 Å². The van der Waals surface area contributed by atoms with Crippen molar-refractivity contribution < 1.29 is 18.0 Å². The molecule has 0 aromatic heterocycles. The smallest absolute Gasteiger partial charge is 0.368 e. The first kappa shape index (κ1) is 15.2. The van der Waals surface area contributed by atoms with Gasteiger partial charge in [0.1, 0.15) is 0 Å². The summed E-state index contributed by atoms with van der Waals surface area (Å²) in [6, 6.07) is -0.581. The van der Waals surface area contributed by atoms with Gasteiger partial charge in [0, 0.05) is 6.54 Å². The Hall–Kier alpha value is -0.820. The second kappa shape index (κ2) is 6.70. The number of amides is 1. The summed E-state index contributed by atoms with van der Waals surface area (Å²) < 4.78 is 36.3. The van der Waals surface area contributed by atoms with Crippen LogP contribution in [0.4, 0.5) is 13.2 Å². The van der Waals surface area contributed by atoms with Crippen molar-refractivity contribution in [3.63, 3.8) is 0 Å². The van der Waals surface area contributed by atoms with E-state index in [1.165, 1.54) is 4.90 Å². The second-order valence-electron chi connectivity index (χ2n) is 3.52. The molecule has 0 aliphatic heterocycles. The number of nitrogens with one attached hydrogen (secondary N) is 1. The van der Waals surface area contributed by atoms with Crippen LogP contribution in [-0.4, -0.2) is 49.7 Å². The monoisotopic (exact) mass is 241 g/mol. The molecule has 0 aromatic carbocycles. The highest BCUT2D eigenvalue weighted by atomic mass is 19.4. The Morgan fingerprint density at radius 3 is 2.38 bits per heavy atom. The van der Waals surface area contributed by atoms with Crippen molar-refractivity contribution in [2.75, 3.05) is 26.7 Å². The highest BCUT2D eigenvalue weighted by Crippen LogP contribution is 2.16. The van der Waals surface area contributed by atoms with Crippen molar-refractivity contribution in [2.24, 2.45) is 5.73 Å². The van der Waals surface area contributed by atoms with E-state index in [2.05, 4.69) is 5.32 Å². The molecule has 0 aromatic rings. The third-order valence-electron chi connectivity index (χ3n) is 2.28. The first-order chi connectivity index (χ1) is 7.30. The maximum Gasteiger partial charge on any atom is 0.401 e. The fraction of sp³-hybridized carbons (Fsp3) is 0.889. The fourth-order valence-corrected chi connectivity index (χ4v) is 1.34. The number of likely N-dealkylation sites (N-methyl/N-ethyl adjacent to an activating group) is 1. The first-order valence-corrected chi connectivity index (χ1v) is 5.05. The second-order valence-corrected chi connectivity index (χ2v) is 3.52. The fourth-order valence-electron chi connectivity index (χ4n) is 1.34. The molecule has 7 heteroatoms. The summed E-state index contributed by atoms with van der Waals surface area (Å²) in [6.07, 6.45) is -3.94. The molecule has 0 aliphatic rings. The molecule has 0 fully saturated rings. The van der Waals surface area contributed by atoms with Crippen molar-refractivity contribution in [3.8, 4) is 0 Å². The number of alkyl halides is 3. The van der Waals surface area contributed by atoms with Crippen LogP contribution in [0.15, 0.2) is 0 Å². The minimum absolute atomic E-state index is 0.185. The van der Waals surface area contributed by atoms with E-state index in [9.17, 15) is 18.0 Å². The van der Waals surface area contributed by atoms with Gasteiger partial charge in [0.05, 0.1) is 12.6 Å². The van der Waals surface area contributed by atoms with E-state index in [0.29, 0.717) is 0 Å². The van der Waals surface area contributed by atoms with Crippen LogP contribution in [0.3, 0.4) is 0 Å². The number of carbonyl (C=O) groups is 1. The van der Waals surface area contributed by atoms with Crippen molar-refractivity contribution in [2.45, 2.75) is 25.6 Å². The van der Waals surface area contributed by atoms with Gasteiger partial charge in [-0.15, -0.1) is 0 Å². The predicted molar refractivity (Wildman–Crippen MR) is 54.8 cm³/mol. The first-order valence-electron chi connectivity index (χ1n) is 5.05. The Morgan fingerprint density at radius 1 is 1.50 bits per heavy atom. The van der Waals surface area contributed by atoms with E-state index in [1.807, 2.05) is 0 Å². The number of hydrogen-bond donors (Lipinski definition) is 2. The molecule has 0 bridgehead atoms. The van der Waals surface area contributed by atoms with Crippen LogP contribution in [0, 0.1) is 0 Å². The Kier molecular flexibility index (Phi) is 6.35. The summed E-state index contributed by atoms with van der Waals surface area (Å²) in [5.74, 6) is -0.550. The van der Waals surface area contributed by atoms with Crippen molar-refractivity contribution in [1.29, 1.82) is 0 Å². The van der Waals surface area contributed by atoms with Crippen LogP contribution in [-0.2, 0) is 4.79 Å². The van der Waals surface area contributed by atoms with Gasteiger partial charge in [-0.1, -0.05) is 6.92 Å². The minimum Gasteiger partial charge on any atom is -0.368 e. The summed E-state index contributed by atoms with van der Waals surface area (Å²) in [5.41, 5.74) is 5.06. The summed E-state index contributed by atoms with van der Waals surface area (Å²) in [7, 11) is 1.55. The van der Waals surface area contributed by atoms with E-state index in [-0.39, 0.29) is 19.5 Å². The highest BCUT2D eigenvalue weighted by molar-refractivity contribution is 5.79. The van der Waals surface area contributed by atoms with Gasteiger partial charge in [0.15, 0.2) is 0 Å². The lowest BCUT2D eigenvalue weighted by molar-refractivity contribution is -0.145. The Morgan fingerprint density at radius 2 is 2.06 bits per heavy atom. The average Bonchev–Trinajstić information content (AvgIpc) is 2.14. The molecule has 0 saturated carbocycles. The summed E-state index contributed by atoms with van der Waals surface area (Å²) in [5, 5.41) is 2.66. The van der Waals surface area contributed by atoms with Gasteiger partial charge in [-0.25, -0.2) is 0 Å². The molecule has 1 atom stereocenters. The number of primary amides is 1. The topological polar surface area (TPSA) is 58.4 Å². The van der Waals surface area contributed by atoms with E-state index in [1.54, 1.807) is 14.0 Å². The summed E-state index contributed by atoms with van der Waals surface area (Å²) in [4.78, 5) is 12.1. The molecule has 0 saturated heterocycles. The number of nitrogens with two attached hydrogens (primary N) is 1. The lowest BCUT2D eigenvalue weighted by atomic mass is 10.2. The Bertz CT molecular complexity index is 221. The van der Waals surface area contributed by atoms with Gasteiger partial charge >= 0.3 is 6.18 Å². The lowest BCUT2D eigenvalue weighted by Crippen LogP contribution is -2.43. The summed E-state index contributed by atoms with van der Waals surface area (Å²) in [6.45, 7) is 1.16. The molecule has 4 nitrogen and oxygen atoms in total. The van der Waals surface area contributed by atoms with Crippen LogP contribution in [0.25, 0.3) is 0 Å². The maximum atomic E-state index is 12.1. The summed E-state index contributed by atoms with van der Waals surface area (Å²) >= 11 is 0. The third-order valence-corrected chi connectivity index (χ3v) is 2.28. The number of hydrogen-bond acceptors (Lipinski definition) is 3. The number of rotatable bonds is 7. The average molecular weight is 241 g/mol. The maximum absolute atomic E-state index is 12.1. The standard InChI is InChI=1S/C9H18F3N3O/c1-3-15(6-9(10,11)12)5-4-7(14-2)8(13)16/h7,14H,3-6H2,1-2H3,(H2,13,16). The molecule has 96 valence electrons. The van der Waals surface area contributed by atoms with Gasteiger partial charge in [-0.3, -0.25) is 9.69 Å². The molecule has 3 N–H and O–H groups in total. The van der Waals surface area contributed by atoms with Crippen molar-refractivity contribution in [1.82, 2.24) is 10.2 Å². The normalized spacial score (nSPS) is 14.1. The molecule has 0 radical (unpaired) electrons.